The minimum Gasteiger partial charge on any atom is -0.295 e. The molecule has 1 aromatic heterocycles. The summed E-state index contributed by atoms with van der Waals surface area (Å²) >= 11 is 11.3. The standard InChI is InChI=1S/C10H13Cl2N3/c11-4-7-15(8-5-12)14-9-10-3-1-2-6-13-10/h1-3,6,9H,4-5,7-8H2/b14-9+. The summed E-state index contributed by atoms with van der Waals surface area (Å²) in [4.78, 5) is 4.13. The summed E-state index contributed by atoms with van der Waals surface area (Å²) in [5.41, 5.74) is 0.826. The van der Waals surface area contributed by atoms with Gasteiger partial charge in [-0.3, -0.25) is 9.99 Å². The summed E-state index contributed by atoms with van der Waals surface area (Å²) in [5.74, 6) is 1.08. The molecule has 0 unspecified atom stereocenters. The second kappa shape index (κ2) is 7.49. The van der Waals surface area contributed by atoms with Crippen molar-refractivity contribution in [2.75, 3.05) is 24.8 Å². The predicted molar refractivity (Wildman–Crippen MR) is 64.8 cm³/mol. The highest BCUT2D eigenvalue weighted by Crippen LogP contribution is 1.94. The van der Waals surface area contributed by atoms with Crippen molar-refractivity contribution in [1.82, 2.24) is 9.99 Å². The molecule has 0 saturated heterocycles. The van der Waals surface area contributed by atoms with Gasteiger partial charge >= 0.3 is 0 Å². The Balaban J connectivity index is 2.53. The first-order valence-corrected chi connectivity index (χ1v) is 5.75. The van der Waals surface area contributed by atoms with Gasteiger partial charge in [0.25, 0.3) is 0 Å². The molecule has 0 aromatic carbocycles. The Morgan fingerprint density at radius 2 is 2.00 bits per heavy atom. The molecule has 1 rings (SSSR count). The summed E-state index contributed by atoms with van der Waals surface area (Å²) in [7, 11) is 0. The van der Waals surface area contributed by atoms with E-state index in [1.807, 2.05) is 23.2 Å². The van der Waals surface area contributed by atoms with E-state index in [0.717, 1.165) is 5.69 Å². The molecule has 0 aliphatic rings. The molecule has 0 saturated carbocycles. The average Bonchev–Trinajstić information content (AvgIpc) is 2.28. The number of halogens is 2. The molecule has 1 aromatic rings. The van der Waals surface area contributed by atoms with Crippen LogP contribution in [-0.4, -0.2) is 41.1 Å². The first-order chi connectivity index (χ1) is 7.36. The minimum absolute atomic E-state index is 0.538. The van der Waals surface area contributed by atoms with Crippen LogP contribution >= 0.6 is 23.2 Å². The predicted octanol–water partition coefficient (Wildman–Crippen LogP) is 2.20. The molecule has 15 heavy (non-hydrogen) atoms. The third-order valence-electron chi connectivity index (χ3n) is 1.73. The Bertz CT molecular complexity index is 284. The van der Waals surface area contributed by atoms with Crippen LogP contribution in [0.3, 0.4) is 0 Å². The fourth-order valence-electron chi connectivity index (χ4n) is 1.02. The summed E-state index contributed by atoms with van der Waals surface area (Å²) < 4.78 is 0. The van der Waals surface area contributed by atoms with E-state index in [0.29, 0.717) is 24.8 Å². The van der Waals surface area contributed by atoms with Gasteiger partial charge in [-0.25, -0.2) is 0 Å². The van der Waals surface area contributed by atoms with Gasteiger partial charge in [-0.05, 0) is 12.1 Å². The second-order valence-electron chi connectivity index (χ2n) is 2.83. The smallest absolute Gasteiger partial charge is 0.0830 e. The van der Waals surface area contributed by atoms with Gasteiger partial charge in [0.2, 0.25) is 0 Å². The lowest BCUT2D eigenvalue weighted by Crippen LogP contribution is -2.22. The van der Waals surface area contributed by atoms with E-state index in [-0.39, 0.29) is 0 Å². The number of alkyl halides is 2. The summed E-state index contributed by atoms with van der Waals surface area (Å²) in [5, 5.41) is 6.08. The lowest BCUT2D eigenvalue weighted by atomic mass is 10.4. The fourth-order valence-corrected chi connectivity index (χ4v) is 1.41. The van der Waals surface area contributed by atoms with Crippen LogP contribution < -0.4 is 0 Å². The van der Waals surface area contributed by atoms with Crippen LogP contribution in [-0.2, 0) is 0 Å². The van der Waals surface area contributed by atoms with Crippen LogP contribution in [0.25, 0.3) is 0 Å². The third kappa shape index (κ3) is 5.00. The quantitative estimate of drug-likeness (QED) is 0.437. The molecule has 0 amide bonds. The molecule has 5 heteroatoms. The Labute approximate surface area is 99.7 Å². The Hall–Kier alpha value is -0.800. The van der Waals surface area contributed by atoms with E-state index in [1.54, 1.807) is 12.4 Å². The molecule has 0 fully saturated rings. The molecule has 0 aliphatic carbocycles. The van der Waals surface area contributed by atoms with Crippen LogP contribution in [0.2, 0.25) is 0 Å². The largest absolute Gasteiger partial charge is 0.295 e. The van der Waals surface area contributed by atoms with Gasteiger partial charge in [0.15, 0.2) is 0 Å². The lowest BCUT2D eigenvalue weighted by molar-refractivity contribution is 0.327. The van der Waals surface area contributed by atoms with Gasteiger partial charge in [0.1, 0.15) is 0 Å². The van der Waals surface area contributed by atoms with Crippen LogP contribution in [0.5, 0.6) is 0 Å². The zero-order chi connectivity index (χ0) is 10.9. The van der Waals surface area contributed by atoms with Crippen molar-refractivity contribution in [2.45, 2.75) is 0 Å². The third-order valence-corrected chi connectivity index (χ3v) is 2.06. The molecule has 0 bridgehead atoms. The molecule has 0 N–H and O–H groups in total. The number of pyridine rings is 1. The van der Waals surface area contributed by atoms with E-state index >= 15 is 0 Å². The van der Waals surface area contributed by atoms with Gasteiger partial charge in [0.05, 0.1) is 11.9 Å². The van der Waals surface area contributed by atoms with E-state index in [2.05, 4.69) is 10.1 Å². The first kappa shape index (κ1) is 12.3. The van der Waals surface area contributed by atoms with Crippen LogP contribution in [0.15, 0.2) is 29.5 Å². The van der Waals surface area contributed by atoms with E-state index in [4.69, 9.17) is 23.2 Å². The van der Waals surface area contributed by atoms with E-state index in [1.165, 1.54) is 0 Å². The zero-order valence-electron chi connectivity index (χ0n) is 8.31. The van der Waals surface area contributed by atoms with Crippen molar-refractivity contribution < 1.29 is 0 Å². The van der Waals surface area contributed by atoms with Crippen molar-refractivity contribution >= 4 is 29.4 Å². The van der Waals surface area contributed by atoms with Gasteiger partial charge in [-0.15, -0.1) is 23.2 Å². The SMILES string of the molecule is ClCCN(CCCl)/N=C/c1ccccn1. The zero-order valence-corrected chi connectivity index (χ0v) is 9.82. The number of aromatic nitrogens is 1. The maximum atomic E-state index is 5.64. The first-order valence-electron chi connectivity index (χ1n) is 4.68. The molecule has 1 heterocycles. The Morgan fingerprint density at radius 1 is 1.27 bits per heavy atom. The molecule has 3 nitrogen and oxygen atoms in total. The van der Waals surface area contributed by atoms with Crippen LogP contribution in [0.1, 0.15) is 5.69 Å². The highest BCUT2D eigenvalue weighted by atomic mass is 35.5. The number of hydrazone groups is 1. The maximum absolute atomic E-state index is 5.64. The van der Waals surface area contributed by atoms with Crippen molar-refractivity contribution in [3.05, 3.63) is 30.1 Å². The summed E-state index contributed by atoms with van der Waals surface area (Å²) in [6.45, 7) is 1.38. The topological polar surface area (TPSA) is 28.5 Å². The average molecular weight is 246 g/mol. The van der Waals surface area contributed by atoms with Gasteiger partial charge in [-0.1, -0.05) is 6.07 Å². The number of hydrogen-bond acceptors (Lipinski definition) is 3. The van der Waals surface area contributed by atoms with Gasteiger partial charge < -0.3 is 0 Å². The molecule has 0 aliphatic heterocycles. The van der Waals surface area contributed by atoms with Gasteiger partial charge in [0, 0.05) is 31.0 Å². The molecule has 0 spiro atoms. The number of nitrogens with zero attached hydrogens (tertiary/aromatic N) is 3. The molecular weight excluding hydrogens is 233 g/mol. The highest BCUT2D eigenvalue weighted by molar-refractivity contribution is 6.18. The van der Waals surface area contributed by atoms with Crippen molar-refractivity contribution in [1.29, 1.82) is 0 Å². The molecule has 0 atom stereocenters. The minimum atomic E-state index is 0.538. The normalized spacial score (nSPS) is 10.8. The molecule has 82 valence electrons. The fraction of sp³-hybridized carbons (Fsp3) is 0.400. The molecule has 0 radical (unpaired) electrons. The number of rotatable bonds is 6. The Morgan fingerprint density at radius 3 is 2.53 bits per heavy atom. The number of hydrogen-bond donors (Lipinski definition) is 0. The van der Waals surface area contributed by atoms with Crippen molar-refractivity contribution in [2.24, 2.45) is 5.10 Å². The highest BCUT2D eigenvalue weighted by Gasteiger charge is 1.97. The monoisotopic (exact) mass is 245 g/mol. The van der Waals surface area contributed by atoms with Crippen molar-refractivity contribution in [3.8, 4) is 0 Å². The lowest BCUT2D eigenvalue weighted by Gasteiger charge is -2.15. The van der Waals surface area contributed by atoms with Crippen LogP contribution in [0.4, 0.5) is 0 Å². The van der Waals surface area contributed by atoms with E-state index in [9.17, 15) is 0 Å². The Kier molecular flexibility index (Phi) is 6.12. The molecular formula is C10H13Cl2N3. The summed E-state index contributed by atoms with van der Waals surface area (Å²) in [6, 6.07) is 5.68. The van der Waals surface area contributed by atoms with Crippen molar-refractivity contribution in [3.63, 3.8) is 0 Å². The second-order valence-corrected chi connectivity index (χ2v) is 3.59. The maximum Gasteiger partial charge on any atom is 0.0830 e. The van der Waals surface area contributed by atoms with Gasteiger partial charge in [-0.2, -0.15) is 5.10 Å². The summed E-state index contributed by atoms with van der Waals surface area (Å²) in [6.07, 6.45) is 3.44. The van der Waals surface area contributed by atoms with Crippen LogP contribution in [0, 0.1) is 0 Å². The van der Waals surface area contributed by atoms with E-state index < -0.39 is 0 Å².